The minimum Gasteiger partial charge on any atom is -0.477 e. The van der Waals surface area contributed by atoms with Gasteiger partial charge in [-0.1, -0.05) is 29.8 Å². The molecule has 0 N–H and O–H groups in total. The summed E-state index contributed by atoms with van der Waals surface area (Å²) < 4.78 is 10.0. The van der Waals surface area contributed by atoms with Crippen LogP contribution in [0.5, 0.6) is 0 Å². The predicted molar refractivity (Wildman–Crippen MR) is 81.9 cm³/mol. The average molecular weight is 292 g/mol. The standard InChI is InChI=1S/C15H14ClNOS/c1-2-18-15(12-6-4-3-5-7-12)17-19-14-10-8-13(16)9-11-14/h3-11H,2H2,1H3/b17-15-. The van der Waals surface area contributed by atoms with E-state index in [0.29, 0.717) is 12.5 Å². The average Bonchev–Trinajstić information content (AvgIpc) is 2.46. The van der Waals surface area contributed by atoms with Gasteiger partial charge < -0.3 is 4.74 Å². The van der Waals surface area contributed by atoms with Crippen molar-refractivity contribution in [3.63, 3.8) is 0 Å². The second kappa shape index (κ2) is 7.22. The van der Waals surface area contributed by atoms with Gasteiger partial charge in [0, 0.05) is 27.4 Å². The van der Waals surface area contributed by atoms with Gasteiger partial charge in [-0.3, -0.25) is 0 Å². The van der Waals surface area contributed by atoms with Gasteiger partial charge in [0.1, 0.15) is 0 Å². The van der Waals surface area contributed by atoms with Crippen molar-refractivity contribution in [2.45, 2.75) is 11.8 Å². The summed E-state index contributed by atoms with van der Waals surface area (Å²) in [6.07, 6.45) is 0. The Kier molecular flexibility index (Phi) is 5.31. The van der Waals surface area contributed by atoms with E-state index < -0.39 is 0 Å². The van der Waals surface area contributed by atoms with E-state index >= 15 is 0 Å². The predicted octanol–water partition coefficient (Wildman–Crippen LogP) is 4.83. The molecule has 0 aliphatic carbocycles. The molecule has 0 fully saturated rings. The number of benzene rings is 2. The van der Waals surface area contributed by atoms with Gasteiger partial charge in [0.2, 0.25) is 5.90 Å². The van der Waals surface area contributed by atoms with Crippen molar-refractivity contribution in [2.75, 3.05) is 6.61 Å². The molecule has 0 amide bonds. The van der Waals surface area contributed by atoms with Crippen LogP contribution in [0.15, 0.2) is 63.9 Å². The fourth-order valence-corrected chi connectivity index (χ4v) is 2.20. The van der Waals surface area contributed by atoms with E-state index in [0.717, 1.165) is 15.5 Å². The Morgan fingerprint density at radius 1 is 1.11 bits per heavy atom. The molecule has 19 heavy (non-hydrogen) atoms. The smallest absolute Gasteiger partial charge is 0.227 e. The number of rotatable bonds is 4. The molecule has 2 nitrogen and oxygen atoms in total. The van der Waals surface area contributed by atoms with E-state index in [-0.39, 0.29) is 0 Å². The summed E-state index contributed by atoms with van der Waals surface area (Å²) in [6, 6.07) is 17.4. The van der Waals surface area contributed by atoms with E-state index in [1.807, 2.05) is 61.5 Å². The van der Waals surface area contributed by atoms with Crippen molar-refractivity contribution in [1.82, 2.24) is 0 Å². The number of ether oxygens (including phenoxy) is 1. The highest BCUT2D eigenvalue weighted by atomic mass is 35.5. The normalized spacial score (nSPS) is 11.4. The molecular formula is C15H14ClNOS. The molecule has 0 spiro atoms. The summed E-state index contributed by atoms with van der Waals surface area (Å²) in [4.78, 5) is 1.03. The minimum atomic E-state index is 0.592. The van der Waals surface area contributed by atoms with Crippen LogP contribution in [-0.4, -0.2) is 12.5 Å². The SMILES string of the molecule is CCO/C(=N\Sc1ccc(Cl)cc1)c1ccccc1. The van der Waals surface area contributed by atoms with Crippen molar-refractivity contribution in [3.8, 4) is 0 Å². The molecule has 0 bridgehead atoms. The monoisotopic (exact) mass is 291 g/mol. The molecular weight excluding hydrogens is 278 g/mol. The van der Waals surface area contributed by atoms with Gasteiger partial charge in [0.25, 0.3) is 0 Å². The molecule has 0 aliphatic heterocycles. The summed E-state index contributed by atoms with van der Waals surface area (Å²) >= 11 is 7.23. The molecule has 0 aromatic heterocycles. The maximum atomic E-state index is 5.85. The highest BCUT2D eigenvalue weighted by Crippen LogP contribution is 2.22. The molecule has 2 rings (SSSR count). The van der Waals surface area contributed by atoms with Gasteiger partial charge in [-0.15, -0.1) is 0 Å². The van der Waals surface area contributed by atoms with Crippen LogP contribution >= 0.6 is 23.5 Å². The van der Waals surface area contributed by atoms with Crippen molar-refractivity contribution in [1.29, 1.82) is 0 Å². The van der Waals surface area contributed by atoms with Crippen LogP contribution in [-0.2, 0) is 4.74 Å². The lowest BCUT2D eigenvalue weighted by molar-refractivity contribution is 0.330. The molecule has 0 heterocycles. The first kappa shape index (κ1) is 14.0. The molecule has 2 aromatic rings. The number of hydrogen-bond acceptors (Lipinski definition) is 3. The summed E-state index contributed by atoms with van der Waals surface area (Å²) in [6.45, 7) is 2.54. The van der Waals surface area contributed by atoms with Crippen LogP contribution in [0.4, 0.5) is 0 Å². The molecule has 0 unspecified atom stereocenters. The van der Waals surface area contributed by atoms with Crippen LogP contribution < -0.4 is 0 Å². The van der Waals surface area contributed by atoms with Gasteiger partial charge in [-0.25, -0.2) is 0 Å². The Morgan fingerprint density at radius 3 is 2.42 bits per heavy atom. The molecule has 0 radical (unpaired) electrons. The van der Waals surface area contributed by atoms with Gasteiger partial charge in [-0.05, 0) is 43.3 Å². The molecule has 98 valence electrons. The van der Waals surface area contributed by atoms with E-state index in [9.17, 15) is 0 Å². The minimum absolute atomic E-state index is 0.592. The van der Waals surface area contributed by atoms with Crippen LogP contribution in [0.1, 0.15) is 12.5 Å². The molecule has 0 saturated carbocycles. The second-order valence-electron chi connectivity index (χ2n) is 3.74. The first-order valence-corrected chi connectivity index (χ1v) is 7.13. The summed E-state index contributed by atoms with van der Waals surface area (Å²) in [7, 11) is 0. The maximum Gasteiger partial charge on any atom is 0.227 e. The Bertz CT molecular complexity index is 540. The topological polar surface area (TPSA) is 21.6 Å². The summed E-state index contributed by atoms with van der Waals surface area (Å²) in [5.74, 6) is 0.642. The van der Waals surface area contributed by atoms with Gasteiger partial charge in [0.15, 0.2) is 0 Å². The van der Waals surface area contributed by atoms with Crippen LogP contribution in [0.2, 0.25) is 5.02 Å². The zero-order chi connectivity index (χ0) is 13.5. The lowest BCUT2D eigenvalue weighted by Gasteiger charge is -2.06. The Balaban J connectivity index is 2.15. The largest absolute Gasteiger partial charge is 0.477 e. The van der Waals surface area contributed by atoms with E-state index in [1.54, 1.807) is 0 Å². The van der Waals surface area contributed by atoms with E-state index in [4.69, 9.17) is 16.3 Å². The van der Waals surface area contributed by atoms with Crippen molar-refractivity contribution in [2.24, 2.45) is 4.40 Å². The molecule has 4 heteroatoms. The highest BCUT2D eigenvalue weighted by molar-refractivity contribution is 7.98. The highest BCUT2D eigenvalue weighted by Gasteiger charge is 2.04. The zero-order valence-electron chi connectivity index (χ0n) is 10.5. The Hall–Kier alpha value is -1.45. The Morgan fingerprint density at radius 2 is 1.79 bits per heavy atom. The van der Waals surface area contributed by atoms with Crippen molar-refractivity contribution >= 4 is 29.4 Å². The maximum absolute atomic E-state index is 5.85. The zero-order valence-corrected chi connectivity index (χ0v) is 12.1. The number of hydrogen-bond donors (Lipinski definition) is 0. The van der Waals surface area contributed by atoms with E-state index in [1.165, 1.54) is 11.9 Å². The Labute approximate surface area is 122 Å². The number of nitrogens with zero attached hydrogens (tertiary/aromatic N) is 1. The number of halogens is 1. The van der Waals surface area contributed by atoms with Crippen molar-refractivity contribution < 1.29 is 4.74 Å². The van der Waals surface area contributed by atoms with Gasteiger partial charge in [0.05, 0.1) is 6.61 Å². The molecule has 0 aliphatic rings. The lowest BCUT2D eigenvalue weighted by atomic mass is 10.2. The molecule has 0 atom stereocenters. The third kappa shape index (κ3) is 4.30. The fraction of sp³-hybridized carbons (Fsp3) is 0.133. The fourth-order valence-electron chi connectivity index (χ4n) is 1.47. The van der Waals surface area contributed by atoms with Crippen molar-refractivity contribution in [3.05, 3.63) is 65.2 Å². The quantitative estimate of drug-likeness (QED) is 0.457. The molecule has 2 aromatic carbocycles. The summed E-state index contributed by atoms with van der Waals surface area (Å²) in [5, 5.41) is 0.724. The van der Waals surface area contributed by atoms with Gasteiger partial charge in [-0.2, -0.15) is 4.40 Å². The first-order valence-electron chi connectivity index (χ1n) is 5.98. The second-order valence-corrected chi connectivity index (χ2v) is 5.01. The third-order valence-corrected chi connectivity index (χ3v) is 3.34. The van der Waals surface area contributed by atoms with Crippen LogP contribution in [0.3, 0.4) is 0 Å². The lowest BCUT2D eigenvalue weighted by Crippen LogP contribution is -2.05. The van der Waals surface area contributed by atoms with Gasteiger partial charge >= 0.3 is 0 Å². The molecule has 0 saturated heterocycles. The summed E-state index contributed by atoms with van der Waals surface area (Å²) in [5.41, 5.74) is 0.978. The van der Waals surface area contributed by atoms with Crippen LogP contribution in [0, 0.1) is 0 Å². The third-order valence-electron chi connectivity index (χ3n) is 2.35. The van der Waals surface area contributed by atoms with Crippen LogP contribution in [0.25, 0.3) is 0 Å². The van der Waals surface area contributed by atoms with E-state index in [2.05, 4.69) is 4.40 Å². The first-order chi connectivity index (χ1) is 9.29.